The molecule has 10 heteroatoms. The predicted octanol–water partition coefficient (Wildman–Crippen LogP) is 4.56. The molecule has 9 nitrogen and oxygen atoms in total. The monoisotopic (exact) mass is 461 g/mol. The van der Waals surface area contributed by atoms with E-state index in [1.54, 1.807) is 51.6 Å². The summed E-state index contributed by atoms with van der Waals surface area (Å²) >= 11 is 0. The second-order valence-corrected chi connectivity index (χ2v) is 7.45. The average molecular weight is 462 g/mol. The van der Waals surface area contributed by atoms with Crippen LogP contribution in [0.25, 0.3) is 28.3 Å². The lowest BCUT2D eigenvalue weighted by Crippen LogP contribution is -2.00. The number of carbonyl (C=O) groups is 1. The van der Waals surface area contributed by atoms with Crippen molar-refractivity contribution in [2.75, 3.05) is 12.4 Å². The lowest BCUT2D eigenvalue weighted by Gasteiger charge is -2.04. The van der Waals surface area contributed by atoms with Gasteiger partial charge >= 0.3 is 0 Å². The number of carbonyl (C=O) groups excluding carboxylic acids is 1. The van der Waals surface area contributed by atoms with Crippen LogP contribution in [0, 0.1) is 19.7 Å². The normalized spacial score (nSPS) is 10.7. The standard InChI is InChI=1S/C18H17FN6.C6H7NO2/c1-3-25-17(6-7-22-25)12-9-21-18-23-16(11-24(18)10-12)14-8-13(20-2)4-5-15(14)19;1-4-6(3-8)9-5(2)7-4/h4-11,20H,3H2,1-2H3;3H,1-2H3. The Morgan fingerprint density at radius 2 is 2.00 bits per heavy atom. The van der Waals surface area contributed by atoms with E-state index in [1.807, 2.05) is 28.3 Å². The topological polar surface area (TPSA) is 103 Å². The van der Waals surface area contributed by atoms with E-state index in [2.05, 4.69) is 25.4 Å². The van der Waals surface area contributed by atoms with Crippen LogP contribution in [0.3, 0.4) is 0 Å². The lowest BCUT2D eigenvalue weighted by atomic mass is 10.1. The van der Waals surface area contributed by atoms with E-state index in [9.17, 15) is 9.18 Å². The van der Waals surface area contributed by atoms with E-state index in [-0.39, 0.29) is 5.82 Å². The fourth-order valence-corrected chi connectivity index (χ4v) is 3.51. The summed E-state index contributed by atoms with van der Waals surface area (Å²) in [6, 6.07) is 6.81. The molecule has 5 aromatic rings. The first-order valence-corrected chi connectivity index (χ1v) is 10.7. The van der Waals surface area contributed by atoms with Crippen LogP contribution < -0.4 is 5.32 Å². The quantitative estimate of drug-likeness (QED) is 0.383. The van der Waals surface area contributed by atoms with E-state index < -0.39 is 0 Å². The van der Waals surface area contributed by atoms with E-state index in [1.165, 1.54) is 6.07 Å². The first-order chi connectivity index (χ1) is 16.4. The van der Waals surface area contributed by atoms with Gasteiger partial charge in [-0.25, -0.2) is 19.3 Å². The molecular formula is C24H24FN7O2. The molecule has 0 saturated carbocycles. The van der Waals surface area contributed by atoms with Crippen LogP contribution in [0.5, 0.6) is 0 Å². The molecule has 0 unspecified atom stereocenters. The van der Waals surface area contributed by atoms with Gasteiger partial charge in [0.1, 0.15) is 5.82 Å². The van der Waals surface area contributed by atoms with Gasteiger partial charge in [0.2, 0.25) is 5.78 Å². The Morgan fingerprint density at radius 3 is 2.65 bits per heavy atom. The van der Waals surface area contributed by atoms with Gasteiger partial charge in [-0.2, -0.15) is 5.10 Å². The summed E-state index contributed by atoms with van der Waals surface area (Å²) in [6.45, 7) is 6.26. The Labute approximate surface area is 195 Å². The molecule has 1 N–H and O–H groups in total. The van der Waals surface area contributed by atoms with Crippen molar-refractivity contribution in [3.05, 3.63) is 72.2 Å². The molecule has 0 bridgehead atoms. The molecule has 0 atom stereocenters. The van der Waals surface area contributed by atoms with E-state index in [0.29, 0.717) is 40.7 Å². The number of nitrogens with zero attached hydrogens (tertiary/aromatic N) is 6. The van der Waals surface area contributed by atoms with Crippen molar-refractivity contribution in [1.29, 1.82) is 0 Å². The molecule has 5 rings (SSSR count). The van der Waals surface area contributed by atoms with Gasteiger partial charge < -0.3 is 9.73 Å². The number of halogens is 1. The molecular weight excluding hydrogens is 437 g/mol. The minimum atomic E-state index is -0.313. The summed E-state index contributed by atoms with van der Waals surface area (Å²) in [5, 5.41) is 7.29. The Kier molecular flexibility index (Phi) is 6.48. The molecule has 0 aliphatic carbocycles. The molecule has 0 aliphatic heterocycles. The van der Waals surface area contributed by atoms with E-state index >= 15 is 0 Å². The maximum Gasteiger partial charge on any atom is 0.234 e. The highest BCUT2D eigenvalue weighted by molar-refractivity contribution is 5.71. The maximum atomic E-state index is 14.2. The third-order valence-corrected chi connectivity index (χ3v) is 5.20. The number of aryl methyl sites for hydroxylation is 3. The summed E-state index contributed by atoms with van der Waals surface area (Å²) < 4.78 is 22.8. The molecule has 0 amide bonds. The number of benzene rings is 1. The van der Waals surface area contributed by atoms with Gasteiger partial charge in [0.25, 0.3) is 0 Å². The highest BCUT2D eigenvalue weighted by atomic mass is 19.1. The largest absolute Gasteiger partial charge is 0.438 e. The first-order valence-electron chi connectivity index (χ1n) is 10.7. The fourth-order valence-electron chi connectivity index (χ4n) is 3.51. The maximum absolute atomic E-state index is 14.2. The number of rotatable bonds is 5. The number of imidazole rings is 1. The number of aldehydes is 1. The third-order valence-electron chi connectivity index (χ3n) is 5.20. The Morgan fingerprint density at radius 1 is 1.18 bits per heavy atom. The molecule has 0 aliphatic rings. The summed E-state index contributed by atoms with van der Waals surface area (Å²) in [5.74, 6) is 1.07. The summed E-state index contributed by atoms with van der Waals surface area (Å²) in [7, 11) is 1.80. The average Bonchev–Trinajstić information content (AvgIpc) is 3.56. The van der Waals surface area contributed by atoms with Gasteiger partial charge in [0.15, 0.2) is 17.9 Å². The minimum Gasteiger partial charge on any atom is -0.438 e. The SMILES string of the molecule is CCn1nccc1-c1cnc2nc(-c3cc(NC)ccc3F)cn2c1.Cc1nc(C)c(C=O)o1. The molecule has 174 valence electrons. The highest BCUT2D eigenvalue weighted by Crippen LogP contribution is 2.26. The number of aromatic nitrogens is 6. The van der Waals surface area contributed by atoms with Crippen molar-refractivity contribution in [3.63, 3.8) is 0 Å². The second-order valence-electron chi connectivity index (χ2n) is 7.45. The number of fused-ring (bicyclic) bond motifs is 1. The van der Waals surface area contributed by atoms with Crippen LogP contribution in [-0.4, -0.2) is 42.5 Å². The fraction of sp³-hybridized carbons (Fsp3) is 0.208. The molecule has 34 heavy (non-hydrogen) atoms. The van der Waals surface area contributed by atoms with Crippen LogP contribution in [0.2, 0.25) is 0 Å². The van der Waals surface area contributed by atoms with Crippen LogP contribution in [-0.2, 0) is 6.54 Å². The molecule has 0 saturated heterocycles. The Bertz CT molecular complexity index is 1450. The van der Waals surface area contributed by atoms with Crippen molar-refractivity contribution in [2.45, 2.75) is 27.3 Å². The van der Waals surface area contributed by atoms with Crippen LogP contribution in [0.4, 0.5) is 10.1 Å². The zero-order valence-electron chi connectivity index (χ0n) is 19.3. The smallest absolute Gasteiger partial charge is 0.234 e. The van der Waals surface area contributed by atoms with Gasteiger partial charge in [0, 0.05) is 62.1 Å². The van der Waals surface area contributed by atoms with Crippen molar-refractivity contribution in [3.8, 4) is 22.5 Å². The highest BCUT2D eigenvalue weighted by Gasteiger charge is 2.13. The van der Waals surface area contributed by atoms with Gasteiger partial charge in [-0.3, -0.25) is 13.9 Å². The Balaban J connectivity index is 0.000000257. The Hall–Kier alpha value is -4.34. The van der Waals surface area contributed by atoms with Crippen molar-refractivity contribution >= 4 is 17.8 Å². The summed E-state index contributed by atoms with van der Waals surface area (Å²) in [6.07, 6.45) is 7.91. The van der Waals surface area contributed by atoms with E-state index in [0.717, 1.165) is 23.5 Å². The lowest BCUT2D eigenvalue weighted by molar-refractivity contribution is 0.109. The van der Waals surface area contributed by atoms with Crippen molar-refractivity contribution in [2.24, 2.45) is 0 Å². The van der Waals surface area contributed by atoms with Crippen LogP contribution in [0.1, 0.15) is 29.1 Å². The van der Waals surface area contributed by atoms with Crippen LogP contribution in [0.15, 0.2) is 53.5 Å². The number of hydrogen-bond donors (Lipinski definition) is 1. The molecule has 0 spiro atoms. The first kappa shape index (κ1) is 22.8. The van der Waals surface area contributed by atoms with E-state index in [4.69, 9.17) is 4.42 Å². The number of anilines is 1. The van der Waals surface area contributed by atoms with Gasteiger partial charge in [-0.05, 0) is 38.1 Å². The predicted molar refractivity (Wildman–Crippen MR) is 126 cm³/mol. The number of hydrogen-bond acceptors (Lipinski definition) is 7. The minimum absolute atomic E-state index is 0.313. The van der Waals surface area contributed by atoms with Gasteiger partial charge in [-0.15, -0.1) is 0 Å². The molecule has 0 fully saturated rings. The zero-order chi connectivity index (χ0) is 24.2. The van der Waals surface area contributed by atoms with Crippen molar-refractivity contribution < 1.29 is 13.6 Å². The molecule has 1 aromatic carbocycles. The second kappa shape index (κ2) is 9.65. The van der Waals surface area contributed by atoms with Gasteiger partial charge in [-0.1, -0.05) is 0 Å². The summed E-state index contributed by atoms with van der Waals surface area (Å²) in [4.78, 5) is 22.8. The van der Waals surface area contributed by atoms with Gasteiger partial charge in [0.05, 0.1) is 17.1 Å². The zero-order valence-corrected chi connectivity index (χ0v) is 19.3. The molecule has 4 aromatic heterocycles. The van der Waals surface area contributed by atoms with Crippen molar-refractivity contribution in [1.82, 2.24) is 29.1 Å². The van der Waals surface area contributed by atoms with Crippen LogP contribution >= 0.6 is 0 Å². The third kappa shape index (κ3) is 4.56. The summed E-state index contributed by atoms with van der Waals surface area (Å²) in [5.41, 5.74) is 4.38. The molecule has 0 radical (unpaired) electrons. The molecule has 4 heterocycles. The number of nitrogens with one attached hydrogen (secondary N) is 1. The number of oxazole rings is 1.